The van der Waals surface area contributed by atoms with Gasteiger partial charge in [0.2, 0.25) is 0 Å². The van der Waals surface area contributed by atoms with Gasteiger partial charge in [0.1, 0.15) is 13.2 Å². The predicted octanol–water partition coefficient (Wildman–Crippen LogP) is 20.2. The second-order valence-corrected chi connectivity index (χ2v) is 20.3. The average molecular weight is 968 g/mol. The van der Waals surface area contributed by atoms with E-state index in [9.17, 15) is 14.4 Å². The van der Waals surface area contributed by atoms with Crippen LogP contribution < -0.4 is 0 Å². The molecule has 0 aromatic carbocycles. The van der Waals surface area contributed by atoms with Crippen LogP contribution in [-0.2, 0) is 28.6 Å². The van der Waals surface area contributed by atoms with Crippen molar-refractivity contribution < 1.29 is 28.6 Å². The van der Waals surface area contributed by atoms with E-state index in [1.807, 2.05) is 0 Å². The number of allylic oxidation sites excluding steroid dienone is 8. The van der Waals surface area contributed by atoms with Gasteiger partial charge in [-0.05, 0) is 96.3 Å². The van der Waals surface area contributed by atoms with Crippen molar-refractivity contribution in [3.05, 3.63) is 48.6 Å². The van der Waals surface area contributed by atoms with Crippen molar-refractivity contribution >= 4 is 17.9 Å². The Kier molecular flexibility index (Phi) is 55.7. The summed E-state index contributed by atoms with van der Waals surface area (Å²) in [6, 6.07) is 0. The maximum atomic E-state index is 12.9. The molecule has 0 N–H and O–H groups in total. The molecule has 1 unspecified atom stereocenters. The number of esters is 3. The van der Waals surface area contributed by atoms with Gasteiger partial charge in [-0.2, -0.15) is 0 Å². The topological polar surface area (TPSA) is 78.9 Å². The van der Waals surface area contributed by atoms with Crippen molar-refractivity contribution in [2.45, 2.75) is 322 Å². The Hall–Kier alpha value is -2.63. The van der Waals surface area contributed by atoms with Crippen LogP contribution in [0.3, 0.4) is 0 Å². The average Bonchev–Trinajstić information content (AvgIpc) is 3.35. The molecule has 6 heteroatoms. The van der Waals surface area contributed by atoms with E-state index in [0.29, 0.717) is 19.3 Å². The molecule has 0 aliphatic rings. The smallest absolute Gasteiger partial charge is 0.306 e. The number of unbranched alkanes of at least 4 members (excludes halogenated alkanes) is 37. The van der Waals surface area contributed by atoms with Crippen LogP contribution in [0.5, 0.6) is 0 Å². The van der Waals surface area contributed by atoms with Crippen molar-refractivity contribution in [1.82, 2.24) is 0 Å². The van der Waals surface area contributed by atoms with E-state index < -0.39 is 6.10 Å². The Morgan fingerprint density at radius 2 is 0.522 bits per heavy atom. The van der Waals surface area contributed by atoms with E-state index >= 15 is 0 Å². The van der Waals surface area contributed by atoms with Crippen molar-refractivity contribution in [3.63, 3.8) is 0 Å². The molecule has 0 saturated heterocycles. The van der Waals surface area contributed by atoms with E-state index in [4.69, 9.17) is 14.2 Å². The second-order valence-electron chi connectivity index (χ2n) is 20.3. The molecule has 0 aromatic heterocycles. The highest BCUT2D eigenvalue weighted by Crippen LogP contribution is 2.15. The molecule has 6 nitrogen and oxygen atoms in total. The van der Waals surface area contributed by atoms with Crippen LogP contribution in [0.15, 0.2) is 48.6 Å². The third-order valence-corrected chi connectivity index (χ3v) is 13.3. The molecular formula is C63H114O6. The van der Waals surface area contributed by atoms with Gasteiger partial charge in [-0.1, -0.05) is 249 Å². The number of rotatable bonds is 55. The largest absolute Gasteiger partial charge is 0.462 e. The van der Waals surface area contributed by atoms with Crippen molar-refractivity contribution in [2.24, 2.45) is 0 Å². The summed E-state index contributed by atoms with van der Waals surface area (Å²) in [5, 5.41) is 0. The summed E-state index contributed by atoms with van der Waals surface area (Å²) in [6.07, 6.45) is 71.0. The summed E-state index contributed by atoms with van der Waals surface area (Å²) in [6.45, 7) is 6.64. The molecule has 0 bridgehead atoms. The highest BCUT2D eigenvalue weighted by atomic mass is 16.6. The molecule has 0 spiro atoms. The van der Waals surface area contributed by atoms with Gasteiger partial charge >= 0.3 is 17.9 Å². The van der Waals surface area contributed by atoms with Crippen LogP contribution in [0.1, 0.15) is 316 Å². The van der Waals surface area contributed by atoms with Gasteiger partial charge in [0.05, 0.1) is 0 Å². The number of hydrogen-bond donors (Lipinski definition) is 0. The van der Waals surface area contributed by atoms with Crippen molar-refractivity contribution in [1.29, 1.82) is 0 Å². The number of hydrogen-bond acceptors (Lipinski definition) is 6. The molecule has 0 saturated carbocycles. The molecule has 69 heavy (non-hydrogen) atoms. The van der Waals surface area contributed by atoms with Gasteiger partial charge in [0, 0.05) is 19.3 Å². The summed E-state index contributed by atoms with van der Waals surface area (Å²) in [5.74, 6) is -0.906. The predicted molar refractivity (Wildman–Crippen MR) is 298 cm³/mol. The van der Waals surface area contributed by atoms with E-state index in [0.717, 1.165) is 89.9 Å². The minimum absolute atomic E-state index is 0.0849. The highest BCUT2D eigenvalue weighted by molar-refractivity contribution is 5.71. The maximum Gasteiger partial charge on any atom is 0.306 e. The fourth-order valence-corrected chi connectivity index (χ4v) is 8.72. The van der Waals surface area contributed by atoms with Gasteiger partial charge in [0.15, 0.2) is 6.10 Å². The van der Waals surface area contributed by atoms with Gasteiger partial charge in [-0.3, -0.25) is 14.4 Å². The Morgan fingerprint density at radius 1 is 0.290 bits per heavy atom. The Labute approximate surface area is 428 Å². The monoisotopic (exact) mass is 967 g/mol. The lowest BCUT2D eigenvalue weighted by atomic mass is 10.1. The number of carbonyl (C=O) groups is 3. The second kappa shape index (κ2) is 57.9. The fourth-order valence-electron chi connectivity index (χ4n) is 8.72. The van der Waals surface area contributed by atoms with Crippen LogP contribution in [0.2, 0.25) is 0 Å². The first-order valence-corrected chi connectivity index (χ1v) is 30.2. The molecule has 0 radical (unpaired) electrons. The zero-order valence-electron chi connectivity index (χ0n) is 46.1. The summed E-state index contributed by atoms with van der Waals surface area (Å²) in [7, 11) is 0. The summed E-state index contributed by atoms with van der Waals surface area (Å²) in [4.78, 5) is 38.2. The SMILES string of the molecule is CCCCCCCCC/C=C\C=C/CCCCCCCC(=O)OC(COC(=O)CCCCC/C=C\CCCCCCCCC)COC(=O)CCCCCCCCC/C=C\CCCCCCCCCC. The van der Waals surface area contributed by atoms with E-state index in [2.05, 4.69) is 69.4 Å². The first-order chi connectivity index (χ1) is 34.0. The summed E-state index contributed by atoms with van der Waals surface area (Å²) < 4.78 is 16.9. The Morgan fingerprint density at radius 3 is 0.826 bits per heavy atom. The first kappa shape index (κ1) is 66.4. The number of ether oxygens (including phenoxy) is 3. The first-order valence-electron chi connectivity index (χ1n) is 30.2. The van der Waals surface area contributed by atoms with Crippen LogP contribution in [-0.4, -0.2) is 37.2 Å². The van der Waals surface area contributed by atoms with E-state index in [1.54, 1.807) is 0 Å². The molecule has 402 valence electrons. The summed E-state index contributed by atoms with van der Waals surface area (Å²) >= 11 is 0. The van der Waals surface area contributed by atoms with Crippen LogP contribution >= 0.6 is 0 Å². The molecule has 0 aliphatic carbocycles. The van der Waals surface area contributed by atoms with Gasteiger partial charge in [-0.25, -0.2) is 0 Å². The lowest BCUT2D eigenvalue weighted by Gasteiger charge is -2.18. The van der Waals surface area contributed by atoms with Gasteiger partial charge in [0.25, 0.3) is 0 Å². The molecule has 0 aromatic rings. The standard InChI is InChI=1S/C63H114O6/c1-4-7-10-13-16-19-22-25-28-30-32-34-35-38-41-44-47-50-53-56-62(65)68-59-60(58-67-61(64)55-52-49-46-43-40-37-27-24-21-18-15-12-9-6-3)69-63(66)57-54-51-48-45-42-39-36-33-31-29-26-23-20-17-14-11-8-5-2/h29-33,36-37,40,60H,4-28,34-35,38-39,41-59H2,1-3H3/b31-29-,32-30-,36-33-,40-37-. The molecular weight excluding hydrogens is 853 g/mol. The number of carbonyl (C=O) groups excluding carboxylic acids is 3. The molecule has 0 heterocycles. The Bertz CT molecular complexity index is 1200. The molecule has 0 aliphatic heterocycles. The molecule has 0 fully saturated rings. The zero-order chi connectivity index (χ0) is 50.0. The molecule has 0 amide bonds. The lowest BCUT2D eigenvalue weighted by molar-refractivity contribution is -0.167. The van der Waals surface area contributed by atoms with Crippen molar-refractivity contribution in [3.8, 4) is 0 Å². The Balaban J connectivity index is 4.39. The van der Waals surface area contributed by atoms with Crippen LogP contribution in [0, 0.1) is 0 Å². The van der Waals surface area contributed by atoms with Crippen molar-refractivity contribution in [2.75, 3.05) is 13.2 Å². The minimum atomic E-state index is -0.789. The van der Waals surface area contributed by atoms with E-state index in [-0.39, 0.29) is 31.1 Å². The fraction of sp³-hybridized carbons (Fsp3) is 0.825. The third kappa shape index (κ3) is 56.2. The third-order valence-electron chi connectivity index (χ3n) is 13.3. The van der Waals surface area contributed by atoms with Crippen LogP contribution in [0.4, 0.5) is 0 Å². The zero-order valence-corrected chi connectivity index (χ0v) is 46.1. The molecule has 1 atom stereocenters. The molecule has 0 rings (SSSR count). The summed E-state index contributed by atoms with van der Waals surface area (Å²) in [5.41, 5.74) is 0. The van der Waals surface area contributed by atoms with Gasteiger partial charge < -0.3 is 14.2 Å². The highest BCUT2D eigenvalue weighted by Gasteiger charge is 2.19. The van der Waals surface area contributed by atoms with E-state index in [1.165, 1.54) is 186 Å². The minimum Gasteiger partial charge on any atom is -0.462 e. The van der Waals surface area contributed by atoms with Crippen LogP contribution in [0.25, 0.3) is 0 Å². The maximum absolute atomic E-state index is 12.9. The normalized spacial score (nSPS) is 12.3. The lowest BCUT2D eigenvalue weighted by Crippen LogP contribution is -2.30. The van der Waals surface area contributed by atoms with Gasteiger partial charge in [-0.15, -0.1) is 0 Å². The quantitative estimate of drug-likeness (QED) is 0.0199.